The van der Waals surface area contributed by atoms with E-state index in [1.54, 1.807) is 36.5 Å². The van der Waals surface area contributed by atoms with Crippen molar-refractivity contribution in [1.82, 2.24) is 45.1 Å². The molecule has 4 amide bonds. The molecule has 1 fully saturated rings. The van der Waals surface area contributed by atoms with Crippen molar-refractivity contribution in [2.75, 3.05) is 47.6 Å². The Morgan fingerprint density at radius 2 is 1.61 bits per heavy atom. The highest BCUT2D eigenvalue weighted by Gasteiger charge is 2.37. The van der Waals surface area contributed by atoms with Crippen LogP contribution in [-0.4, -0.2) is 118 Å². The number of hydrogen-bond acceptors (Lipinski definition) is 11. The summed E-state index contributed by atoms with van der Waals surface area (Å²) in [5.41, 5.74) is 3.07. The van der Waals surface area contributed by atoms with Gasteiger partial charge in [0.25, 0.3) is 5.56 Å². The van der Waals surface area contributed by atoms with Crippen molar-refractivity contribution in [3.8, 4) is 33.8 Å². The number of aromatic nitrogens is 5. The van der Waals surface area contributed by atoms with E-state index in [1.807, 2.05) is 38.1 Å². The fourth-order valence-corrected chi connectivity index (χ4v) is 6.91. The topological polar surface area (TPSA) is 215 Å². The SMILES string of the molecule is COC(=O)N[C@H]1COCCCCOn2c(ccc(-c3ccc(-c4c[nH]c([C@@H]5CCCN5C(=O)[C@@H](NC(=O)OC)C(C)C)n4)cc3)c2=O)-c2c[nH]c(n2)CN(C)C1=O. The third-order valence-electron chi connectivity index (χ3n) is 9.99. The molecule has 1 aromatic carbocycles. The lowest BCUT2D eigenvalue weighted by Crippen LogP contribution is -2.51. The van der Waals surface area contributed by atoms with Crippen molar-refractivity contribution < 1.29 is 38.2 Å². The van der Waals surface area contributed by atoms with Gasteiger partial charge in [-0.25, -0.2) is 19.6 Å². The van der Waals surface area contributed by atoms with Gasteiger partial charge in [0.05, 0.1) is 44.7 Å². The Balaban J connectivity index is 1.21. The lowest BCUT2D eigenvalue weighted by atomic mass is 10.0. The number of rotatable bonds is 7. The molecule has 0 unspecified atom stereocenters. The summed E-state index contributed by atoms with van der Waals surface area (Å²) in [6, 6.07) is 8.99. The lowest BCUT2D eigenvalue weighted by molar-refractivity contribution is -0.135. The van der Waals surface area contributed by atoms with Crippen molar-refractivity contribution in [2.24, 2.45) is 5.92 Å². The van der Waals surface area contributed by atoms with Gasteiger partial charge in [-0.3, -0.25) is 14.4 Å². The summed E-state index contributed by atoms with van der Waals surface area (Å²) in [5, 5.41) is 5.20. The van der Waals surface area contributed by atoms with E-state index in [-0.39, 0.29) is 49.1 Å². The van der Waals surface area contributed by atoms with E-state index in [0.29, 0.717) is 65.9 Å². The number of pyridine rings is 1. The van der Waals surface area contributed by atoms with Crippen LogP contribution in [-0.2, 0) is 30.3 Å². The molecule has 6 rings (SSSR count). The zero-order valence-electron chi connectivity index (χ0n) is 32.7. The predicted molar refractivity (Wildman–Crippen MR) is 206 cm³/mol. The highest BCUT2D eigenvalue weighted by atomic mass is 16.7. The van der Waals surface area contributed by atoms with Gasteiger partial charge in [0.1, 0.15) is 41.7 Å². The molecule has 2 aliphatic rings. The summed E-state index contributed by atoms with van der Waals surface area (Å²) in [4.78, 5) is 89.8. The number of H-pyrrole nitrogens is 2. The Labute approximate surface area is 329 Å². The van der Waals surface area contributed by atoms with Gasteiger partial charge < -0.3 is 49.4 Å². The van der Waals surface area contributed by atoms with Crippen LogP contribution in [0, 0.1) is 5.92 Å². The van der Waals surface area contributed by atoms with E-state index >= 15 is 0 Å². The molecule has 0 aliphatic carbocycles. The number of aromatic amines is 2. The van der Waals surface area contributed by atoms with Crippen LogP contribution in [0.25, 0.3) is 33.8 Å². The summed E-state index contributed by atoms with van der Waals surface area (Å²) in [5.74, 6) is 0.396. The van der Waals surface area contributed by atoms with E-state index in [9.17, 15) is 24.0 Å². The highest BCUT2D eigenvalue weighted by Crippen LogP contribution is 2.33. The maximum atomic E-state index is 14.1. The summed E-state index contributed by atoms with van der Waals surface area (Å²) in [6.45, 7) is 4.84. The van der Waals surface area contributed by atoms with Crippen LogP contribution in [0.3, 0.4) is 0 Å². The molecule has 3 atom stereocenters. The molecule has 18 heteroatoms. The number of imidazole rings is 2. The first-order valence-corrected chi connectivity index (χ1v) is 18.9. The Hall–Kier alpha value is -6.17. The molecule has 3 aromatic heterocycles. The molecule has 1 saturated heterocycles. The standard InChI is InChI=1S/C39H49N9O9/c1-23(2)33(45-39(53)55-5)37(51)47-16-8-9-31(47)34-41-19-27(43-34)25-12-10-24(11-13-25)26-14-15-30-28-20-40-32(42-28)21-46(3)36(50)29(44-38(52)54-4)22-56-17-6-7-18-57-48(30)35(26)49/h10-15,19-20,23,29,31,33H,6-9,16-18,21-22H2,1-5H3,(H,40,42)(H,41,43)(H,44,52)(H,45,53)/t29-,31-,33-/m0/s1. The molecule has 0 spiro atoms. The van der Waals surface area contributed by atoms with Crippen molar-refractivity contribution in [1.29, 1.82) is 0 Å². The summed E-state index contributed by atoms with van der Waals surface area (Å²) in [6.07, 6.45) is 4.68. The Morgan fingerprint density at radius 3 is 2.35 bits per heavy atom. The Kier molecular flexibility index (Phi) is 12.9. The summed E-state index contributed by atoms with van der Waals surface area (Å²) >= 11 is 0. The van der Waals surface area contributed by atoms with E-state index < -0.39 is 24.3 Å². The third kappa shape index (κ3) is 9.28. The van der Waals surface area contributed by atoms with Gasteiger partial charge in [-0.05, 0) is 49.3 Å². The van der Waals surface area contributed by atoms with Crippen LogP contribution in [0.15, 0.2) is 53.6 Å². The number of carbonyl (C=O) groups excluding carboxylic acids is 4. The van der Waals surface area contributed by atoms with Crippen molar-refractivity contribution in [3.63, 3.8) is 0 Å². The minimum atomic E-state index is -0.952. The van der Waals surface area contributed by atoms with Gasteiger partial charge >= 0.3 is 12.2 Å². The molecule has 4 N–H and O–H groups in total. The number of fused-ring (bicyclic) bond motifs is 4. The Bertz CT molecular complexity index is 2110. The fraction of sp³-hybridized carbons (Fsp3) is 0.462. The van der Waals surface area contributed by atoms with Crippen molar-refractivity contribution >= 4 is 24.0 Å². The molecular formula is C39H49N9O9. The number of ether oxygens (including phenoxy) is 3. The fourth-order valence-electron chi connectivity index (χ4n) is 6.91. The van der Waals surface area contributed by atoms with Crippen molar-refractivity contribution in [2.45, 2.75) is 64.2 Å². The van der Waals surface area contributed by atoms with Crippen LogP contribution in [0.2, 0.25) is 0 Å². The molecule has 57 heavy (non-hydrogen) atoms. The van der Waals surface area contributed by atoms with Crippen LogP contribution in [0.5, 0.6) is 0 Å². The number of hydrogen-bond donors (Lipinski definition) is 4. The highest BCUT2D eigenvalue weighted by molar-refractivity contribution is 5.87. The summed E-state index contributed by atoms with van der Waals surface area (Å²) in [7, 11) is 4.08. The van der Waals surface area contributed by atoms with Gasteiger partial charge in [0.15, 0.2) is 0 Å². The van der Waals surface area contributed by atoms with E-state index in [0.717, 1.165) is 18.4 Å². The smallest absolute Gasteiger partial charge is 0.407 e. The molecule has 2 aliphatic heterocycles. The second-order valence-corrected chi connectivity index (χ2v) is 14.3. The van der Waals surface area contributed by atoms with Gasteiger partial charge in [-0.15, -0.1) is 4.73 Å². The molecule has 0 saturated carbocycles. The predicted octanol–water partition coefficient (Wildman–Crippen LogP) is 3.26. The first kappa shape index (κ1) is 40.5. The van der Waals surface area contributed by atoms with Gasteiger partial charge in [0, 0.05) is 38.2 Å². The first-order chi connectivity index (χ1) is 27.5. The zero-order chi connectivity index (χ0) is 40.6. The molecule has 5 heterocycles. The zero-order valence-corrected chi connectivity index (χ0v) is 32.7. The number of carbonyl (C=O) groups is 4. The van der Waals surface area contributed by atoms with Gasteiger partial charge in [-0.1, -0.05) is 38.1 Å². The minimum absolute atomic E-state index is 0.0507. The van der Waals surface area contributed by atoms with Gasteiger partial charge in [-0.2, -0.15) is 0 Å². The molecule has 4 aromatic rings. The number of benzene rings is 1. The van der Waals surface area contributed by atoms with E-state index in [4.69, 9.17) is 19.3 Å². The largest absolute Gasteiger partial charge is 0.453 e. The minimum Gasteiger partial charge on any atom is -0.453 e. The quantitative estimate of drug-likeness (QED) is 0.213. The first-order valence-electron chi connectivity index (χ1n) is 18.9. The van der Waals surface area contributed by atoms with Crippen LogP contribution < -0.4 is 21.0 Å². The molecule has 0 radical (unpaired) electrons. The van der Waals surface area contributed by atoms with Gasteiger partial charge in [0.2, 0.25) is 11.8 Å². The number of nitrogens with one attached hydrogen (secondary N) is 4. The average molecular weight is 788 g/mol. The molecule has 18 nitrogen and oxygen atoms in total. The molecule has 304 valence electrons. The maximum Gasteiger partial charge on any atom is 0.407 e. The molecular weight excluding hydrogens is 738 g/mol. The number of amides is 4. The Morgan fingerprint density at radius 1 is 0.895 bits per heavy atom. The number of likely N-dealkylation sites (N-methyl/N-ethyl adjacent to an activating group) is 1. The lowest BCUT2D eigenvalue weighted by Gasteiger charge is -2.29. The number of methoxy groups -OCH3 is 2. The average Bonchev–Trinajstić information content (AvgIpc) is 4.00. The van der Waals surface area contributed by atoms with Crippen LogP contribution in [0.1, 0.15) is 57.2 Å². The molecule has 2 bridgehead atoms. The third-order valence-corrected chi connectivity index (χ3v) is 9.99. The monoisotopic (exact) mass is 787 g/mol. The number of likely N-dealkylation sites (tertiary alicyclic amines) is 1. The number of alkyl carbamates (subject to hydrolysis) is 2. The second-order valence-electron chi connectivity index (χ2n) is 14.3. The maximum absolute atomic E-state index is 14.1. The van der Waals surface area contributed by atoms with E-state index in [1.165, 1.54) is 23.8 Å². The van der Waals surface area contributed by atoms with Crippen LogP contribution in [0.4, 0.5) is 9.59 Å². The summed E-state index contributed by atoms with van der Waals surface area (Å²) < 4.78 is 16.4. The van der Waals surface area contributed by atoms with Crippen molar-refractivity contribution in [3.05, 3.63) is 70.8 Å². The van der Waals surface area contributed by atoms with Crippen LogP contribution >= 0.6 is 0 Å². The number of nitrogens with zero attached hydrogens (tertiary/aromatic N) is 5. The second kappa shape index (κ2) is 18.2. The van der Waals surface area contributed by atoms with E-state index in [2.05, 4.69) is 30.3 Å². The normalized spacial score (nSPS) is 18.4.